The Morgan fingerprint density at radius 2 is 2.00 bits per heavy atom. The Kier molecular flexibility index (Phi) is 4.52. The Labute approximate surface area is 115 Å². The molecular weight excluding hydrogens is 244 g/mol. The second-order valence-electron chi connectivity index (χ2n) is 5.70. The lowest BCUT2D eigenvalue weighted by molar-refractivity contribution is 0.152. The van der Waals surface area contributed by atoms with Crippen LogP contribution in [-0.2, 0) is 6.54 Å². The van der Waals surface area contributed by atoms with Crippen molar-refractivity contribution in [1.82, 2.24) is 4.90 Å². The molecule has 0 unspecified atom stereocenters. The summed E-state index contributed by atoms with van der Waals surface area (Å²) >= 11 is 6.03. The summed E-state index contributed by atoms with van der Waals surface area (Å²) in [5, 5.41) is 0.774. The number of piperidine rings is 1. The third-order valence-corrected chi connectivity index (χ3v) is 4.31. The molecule has 0 radical (unpaired) electrons. The van der Waals surface area contributed by atoms with Gasteiger partial charge in [0.25, 0.3) is 0 Å². The number of hydrogen-bond acceptors (Lipinski definition) is 2. The number of nitrogens with zero attached hydrogens (tertiary/aromatic N) is 1. The molecule has 0 saturated carbocycles. The molecule has 0 atom stereocenters. The minimum absolute atomic E-state index is 0.774. The number of hydrogen-bond donors (Lipinski definition) is 1. The number of nitrogens with two attached hydrogens (primary N) is 1. The predicted octanol–water partition coefficient (Wildman–Crippen LogP) is 3.79. The molecular formula is C15H23ClN2. The van der Waals surface area contributed by atoms with Gasteiger partial charge in [-0.05, 0) is 61.5 Å². The van der Waals surface area contributed by atoms with Crippen molar-refractivity contribution in [2.24, 2.45) is 11.8 Å². The van der Waals surface area contributed by atoms with Crippen molar-refractivity contribution in [3.63, 3.8) is 0 Å². The summed E-state index contributed by atoms with van der Waals surface area (Å²) in [6, 6.07) is 5.75. The first-order chi connectivity index (χ1) is 8.56. The Morgan fingerprint density at radius 1 is 1.33 bits per heavy atom. The van der Waals surface area contributed by atoms with Crippen molar-refractivity contribution >= 4 is 17.3 Å². The van der Waals surface area contributed by atoms with Crippen LogP contribution in [0.15, 0.2) is 18.2 Å². The van der Waals surface area contributed by atoms with Crippen molar-refractivity contribution in [3.8, 4) is 0 Å². The highest BCUT2D eigenvalue weighted by molar-refractivity contribution is 6.30. The summed E-state index contributed by atoms with van der Waals surface area (Å²) in [6.07, 6.45) is 2.61. The van der Waals surface area contributed by atoms with E-state index in [2.05, 4.69) is 18.7 Å². The molecule has 0 spiro atoms. The number of benzene rings is 1. The monoisotopic (exact) mass is 266 g/mol. The van der Waals surface area contributed by atoms with Gasteiger partial charge in [-0.25, -0.2) is 0 Å². The Bertz CT molecular complexity index is 395. The van der Waals surface area contributed by atoms with Gasteiger partial charge in [-0.3, -0.25) is 4.90 Å². The Balaban J connectivity index is 1.93. The standard InChI is InChI=1S/C15H23ClN2/c1-11(2)12-5-7-18(8-6-12)10-13-9-14(16)3-4-15(13)17/h3-4,9,11-12H,5-8,10,17H2,1-2H3. The maximum atomic E-state index is 6.03. The van der Waals surface area contributed by atoms with Crippen LogP contribution in [0.3, 0.4) is 0 Å². The van der Waals surface area contributed by atoms with Gasteiger partial charge in [-0.2, -0.15) is 0 Å². The number of halogens is 1. The van der Waals surface area contributed by atoms with Gasteiger partial charge in [0.1, 0.15) is 0 Å². The minimum Gasteiger partial charge on any atom is -0.398 e. The van der Waals surface area contributed by atoms with Crippen molar-refractivity contribution in [3.05, 3.63) is 28.8 Å². The van der Waals surface area contributed by atoms with Crippen LogP contribution in [0.2, 0.25) is 5.02 Å². The molecule has 1 aliphatic rings. The molecule has 1 aromatic carbocycles. The van der Waals surface area contributed by atoms with E-state index in [1.165, 1.54) is 25.9 Å². The quantitative estimate of drug-likeness (QED) is 0.844. The van der Waals surface area contributed by atoms with Crippen molar-refractivity contribution in [1.29, 1.82) is 0 Å². The predicted molar refractivity (Wildman–Crippen MR) is 78.7 cm³/mol. The molecule has 0 amide bonds. The number of nitrogen functional groups attached to an aromatic ring is 1. The molecule has 2 nitrogen and oxygen atoms in total. The third-order valence-electron chi connectivity index (χ3n) is 4.07. The fraction of sp³-hybridized carbons (Fsp3) is 0.600. The highest BCUT2D eigenvalue weighted by atomic mass is 35.5. The van der Waals surface area contributed by atoms with E-state index in [1.54, 1.807) is 0 Å². The molecule has 1 fully saturated rings. The third kappa shape index (κ3) is 3.39. The second kappa shape index (κ2) is 5.94. The molecule has 1 aromatic rings. The number of anilines is 1. The van der Waals surface area contributed by atoms with Crippen LogP contribution in [0.1, 0.15) is 32.3 Å². The summed E-state index contributed by atoms with van der Waals surface area (Å²) in [6.45, 7) is 7.94. The van der Waals surface area contributed by atoms with E-state index in [-0.39, 0.29) is 0 Å². The molecule has 1 aliphatic heterocycles. The Hall–Kier alpha value is -0.730. The molecule has 2 rings (SSSR count). The first-order valence-corrected chi connectivity index (χ1v) is 7.20. The van der Waals surface area contributed by atoms with Gasteiger partial charge in [0.15, 0.2) is 0 Å². The molecule has 18 heavy (non-hydrogen) atoms. The van der Waals surface area contributed by atoms with Crippen LogP contribution in [0.25, 0.3) is 0 Å². The first kappa shape index (κ1) is 13.7. The van der Waals surface area contributed by atoms with Gasteiger partial charge in [0.05, 0.1) is 0 Å². The maximum absolute atomic E-state index is 6.03. The summed E-state index contributed by atoms with van der Waals surface area (Å²) in [5.74, 6) is 1.70. The summed E-state index contributed by atoms with van der Waals surface area (Å²) < 4.78 is 0. The van der Waals surface area contributed by atoms with E-state index >= 15 is 0 Å². The smallest absolute Gasteiger partial charge is 0.0410 e. The van der Waals surface area contributed by atoms with Gasteiger partial charge < -0.3 is 5.73 Å². The van der Waals surface area contributed by atoms with Crippen molar-refractivity contribution in [2.45, 2.75) is 33.2 Å². The van der Waals surface area contributed by atoms with Gasteiger partial charge in [-0.1, -0.05) is 25.4 Å². The van der Waals surface area contributed by atoms with Crippen LogP contribution in [0.5, 0.6) is 0 Å². The van der Waals surface area contributed by atoms with E-state index in [1.807, 2.05) is 18.2 Å². The molecule has 1 saturated heterocycles. The molecule has 1 heterocycles. The first-order valence-electron chi connectivity index (χ1n) is 6.82. The van der Waals surface area contributed by atoms with Crippen LogP contribution in [0.4, 0.5) is 5.69 Å². The van der Waals surface area contributed by atoms with Crippen molar-refractivity contribution < 1.29 is 0 Å². The van der Waals surface area contributed by atoms with Crippen LogP contribution in [0, 0.1) is 11.8 Å². The fourth-order valence-electron chi connectivity index (χ4n) is 2.73. The van der Waals surface area contributed by atoms with E-state index in [0.717, 1.165) is 34.7 Å². The summed E-state index contributed by atoms with van der Waals surface area (Å²) in [4.78, 5) is 2.49. The lowest BCUT2D eigenvalue weighted by Gasteiger charge is -2.34. The summed E-state index contributed by atoms with van der Waals surface area (Å²) in [5.41, 5.74) is 8.01. The zero-order valence-corrected chi connectivity index (χ0v) is 12.1. The molecule has 0 aliphatic carbocycles. The molecule has 0 aromatic heterocycles. The summed E-state index contributed by atoms with van der Waals surface area (Å²) in [7, 11) is 0. The van der Waals surface area contributed by atoms with E-state index < -0.39 is 0 Å². The van der Waals surface area contributed by atoms with E-state index in [9.17, 15) is 0 Å². The Morgan fingerprint density at radius 3 is 2.61 bits per heavy atom. The second-order valence-corrected chi connectivity index (χ2v) is 6.14. The van der Waals surface area contributed by atoms with Gasteiger partial charge in [0.2, 0.25) is 0 Å². The zero-order chi connectivity index (χ0) is 13.1. The van der Waals surface area contributed by atoms with Gasteiger partial charge >= 0.3 is 0 Å². The number of rotatable bonds is 3. The zero-order valence-electron chi connectivity index (χ0n) is 11.3. The van der Waals surface area contributed by atoms with Crippen molar-refractivity contribution in [2.75, 3.05) is 18.8 Å². The van der Waals surface area contributed by atoms with Crippen LogP contribution < -0.4 is 5.73 Å². The molecule has 100 valence electrons. The highest BCUT2D eigenvalue weighted by Gasteiger charge is 2.21. The molecule has 0 bridgehead atoms. The van der Waals surface area contributed by atoms with E-state index in [0.29, 0.717) is 0 Å². The minimum atomic E-state index is 0.774. The average Bonchev–Trinajstić information content (AvgIpc) is 2.34. The normalized spacial score (nSPS) is 18.4. The maximum Gasteiger partial charge on any atom is 0.0410 e. The largest absolute Gasteiger partial charge is 0.398 e. The van der Waals surface area contributed by atoms with Gasteiger partial charge in [0, 0.05) is 17.3 Å². The lowest BCUT2D eigenvalue weighted by Crippen LogP contribution is -2.34. The van der Waals surface area contributed by atoms with Crippen LogP contribution >= 0.6 is 11.6 Å². The van der Waals surface area contributed by atoms with E-state index in [4.69, 9.17) is 17.3 Å². The molecule has 3 heteroatoms. The highest BCUT2D eigenvalue weighted by Crippen LogP contribution is 2.26. The fourth-order valence-corrected chi connectivity index (χ4v) is 2.92. The SMILES string of the molecule is CC(C)C1CCN(Cc2cc(Cl)ccc2N)CC1. The van der Waals surface area contributed by atoms with Crippen LogP contribution in [-0.4, -0.2) is 18.0 Å². The van der Waals surface area contributed by atoms with Gasteiger partial charge in [-0.15, -0.1) is 0 Å². The number of likely N-dealkylation sites (tertiary alicyclic amines) is 1. The molecule has 2 N–H and O–H groups in total. The topological polar surface area (TPSA) is 29.3 Å². The lowest BCUT2D eigenvalue weighted by atomic mass is 9.86. The average molecular weight is 267 g/mol.